The number of benzene rings is 1. The third-order valence-corrected chi connectivity index (χ3v) is 3.55. The molecule has 0 spiro atoms. The zero-order valence-electron chi connectivity index (χ0n) is 9.85. The number of hydrogen-bond acceptors (Lipinski definition) is 1. The molecular weight excluding hydrogens is 286 g/mol. The van der Waals surface area contributed by atoms with Gasteiger partial charge < -0.3 is 5.32 Å². The first kappa shape index (κ1) is 13.8. The van der Waals surface area contributed by atoms with Crippen LogP contribution in [0.4, 0.5) is 0 Å². The van der Waals surface area contributed by atoms with Crippen LogP contribution in [0.1, 0.15) is 32.4 Å². The van der Waals surface area contributed by atoms with Gasteiger partial charge in [-0.2, -0.15) is 0 Å². The molecule has 0 aromatic heterocycles. The largest absolute Gasteiger partial charge is 0.307 e. The molecule has 0 saturated heterocycles. The summed E-state index contributed by atoms with van der Waals surface area (Å²) in [6.45, 7) is 7.20. The number of halogens is 2. The van der Waals surface area contributed by atoms with E-state index in [1.807, 2.05) is 12.1 Å². The Kier molecular flexibility index (Phi) is 5.53. The molecule has 0 radical (unpaired) electrons. The highest BCUT2D eigenvalue weighted by Crippen LogP contribution is 2.31. The number of rotatable bonds is 4. The number of likely N-dealkylation sites (N-methyl/N-ethyl adjacent to an activating group) is 1. The highest BCUT2D eigenvalue weighted by Gasteiger charge is 2.12. The van der Waals surface area contributed by atoms with E-state index in [1.165, 1.54) is 5.57 Å². The molecule has 1 aromatic carbocycles. The first-order valence-electron chi connectivity index (χ1n) is 5.38. The fraction of sp³-hybridized carbons (Fsp3) is 0.385. The van der Waals surface area contributed by atoms with Gasteiger partial charge in [-0.1, -0.05) is 42.3 Å². The molecular formula is C13H17BrClN. The average molecular weight is 303 g/mol. The minimum absolute atomic E-state index is 0.181. The third kappa shape index (κ3) is 3.62. The molecule has 1 unspecified atom stereocenters. The Balaban J connectivity index is 3.10. The topological polar surface area (TPSA) is 12.0 Å². The van der Waals surface area contributed by atoms with E-state index in [4.69, 9.17) is 11.6 Å². The predicted octanol–water partition coefficient (Wildman–Crippen LogP) is 4.72. The first-order chi connectivity index (χ1) is 7.56. The predicted molar refractivity (Wildman–Crippen MR) is 75.0 cm³/mol. The van der Waals surface area contributed by atoms with E-state index in [2.05, 4.69) is 54.2 Å². The van der Waals surface area contributed by atoms with Crippen LogP contribution >= 0.6 is 27.5 Å². The first-order valence-corrected chi connectivity index (χ1v) is 6.55. The van der Waals surface area contributed by atoms with E-state index >= 15 is 0 Å². The number of allylic oxidation sites excluding steroid dienone is 1. The summed E-state index contributed by atoms with van der Waals surface area (Å²) in [5.74, 6) is 0. The fourth-order valence-electron chi connectivity index (χ4n) is 1.57. The van der Waals surface area contributed by atoms with Gasteiger partial charge in [-0.25, -0.2) is 0 Å². The minimum atomic E-state index is 0.181. The highest BCUT2D eigenvalue weighted by atomic mass is 79.9. The van der Waals surface area contributed by atoms with E-state index in [9.17, 15) is 0 Å². The second-order valence-electron chi connectivity index (χ2n) is 3.92. The molecule has 0 saturated carbocycles. The minimum Gasteiger partial charge on any atom is -0.307 e. The lowest BCUT2D eigenvalue weighted by atomic mass is 10.0. The Morgan fingerprint density at radius 1 is 1.50 bits per heavy atom. The van der Waals surface area contributed by atoms with Crippen molar-refractivity contribution in [3.05, 3.63) is 44.9 Å². The van der Waals surface area contributed by atoms with Crippen molar-refractivity contribution in [2.45, 2.75) is 26.8 Å². The molecule has 16 heavy (non-hydrogen) atoms. The van der Waals surface area contributed by atoms with E-state index in [0.717, 1.165) is 21.6 Å². The Morgan fingerprint density at radius 3 is 2.75 bits per heavy atom. The summed E-state index contributed by atoms with van der Waals surface area (Å²) in [7, 11) is 0. The van der Waals surface area contributed by atoms with Crippen molar-refractivity contribution in [3.63, 3.8) is 0 Å². The van der Waals surface area contributed by atoms with Gasteiger partial charge in [0.05, 0.1) is 11.1 Å². The van der Waals surface area contributed by atoms with Gasteiger partial charge in [-0.15, -0.1) is 0 Å². The molecule has 1 aromatic rings. The van der Waals surface area contributed by atoms with E-state index < -0.39 is 0 Å². The zero-order valence-corrected chi connectivity index (χ0v) is 12.2. The van der Waals surface area contributed by atoms with Gasteiger partial charge in [0.2, 0.25) is 0 Å². The van der Waals surface area contributed by atoms with Gasteiger partial charge in [0.25, 0.3) is 0 Å². The monoisotopic (exact) mass is 301 g/mol. The second kappa shape index (κ2) is 6.43. The molecule has 1 atom stereocenters. The summed E-state index contributed by atoms with van der Waals surface area (Å²) in [6, 6.07) is 6.20. The standard InChI is InChI=1S/C13H17BrClN/c1-4-16-12(8-9(2)3)10-6-5-7-11(14)13(10)15/h5-8,12,16H,4H2,1-3H3. The number of nitrogens with one attached hydrogen (secondary N) is 1. The number of hydrogen-bond donors (Lipinski definition) is 1. The summed E-state index contributed by atoms with van der Waals surface area (Å²) in [6.07, 6.45) is 2.19. The molecule has 1 N–H and O–H groups in total. The smallest absolute Gasteiger partial charge is 0.0599 e. The van der Waals surface area contributed by atoms with Crippen LogP contribution in [0.5, 0.6) is 0 Å². The van der Waals surface area contributed by atoms with Crippen LogP contribution in [0.2, 0.25) is 5.02 Å². The van der Waals surface area contributed by atoms with Crippen LogP contribution in [0.3, 0.4) is 0 Å². The van der Waals surface area contributed by atoms with Crippen molar-refractivity contribution >= 4 is 27.5 Å². The Hall–Kier alpha value is -0.310. The van der Waals surface area contributed by atoms with Crippen molar-refractivity contribution < 1.29 is 0 Å². The molecule has 0 aliphatic heterocycles. The summed E-state index contributed by atoms with van der Waals surface area (Å²) >= 11 is 9.74. The normalized spacial score (nSPS) is 12.3. The maximum Gasteiger partial charge on any atom is 0.0599 e. The summed E-state index contributed by atoms with van der Waals surface area (Å²) in [5, 5.41) is 4.20. The molecule has 1 rings (SSSR count). The second-order valence-corrected chi connectivity index (χ2v) is 5.15. The summed E-state index contributed by atoms with van der Waals surface area (Å²) in [4.78, 5) is 0. The quantitative estimate of drug-likeness (QED) is 0.794. The molecule has 0 amide bonds. The third-order valence-electron chi connectivity index (χ3n) is 2.24. The van der Waals surface area contributed by atoms with Crippen molar-refractivity contribution in [2.24, 2.45) is 0 Å². The molecule has 88 valence electrons. The van der Waals surface area contributed by atoms with E-state index in [1.54, 1.807) is 0 Å². The highest BCUT2D eigenvalue weighted by molar-refractivity contribution is 9.10. The molecule has 0 heterocycles. The van der Waals surface area contributed by atoms with Crippen LogP contribution in [0, 0.1) is 0 Å². The van der Waals surface area contributed by atoms with Crippen LogP contribution < -0.4 is 5.32 Å². The fourth-order valence-corrected chi connectivity index (χ4v) is 2.20. The summed E-state index contributed by atoms with van der Waals surface area (Å²) < 4.78 is 0.941. The van der Waals surface area contributed by atoms with Gasteiger partial charge in [-0.05, 0) is 48.0 Å². The molecule has 0 fully saturated rings. The van der Waals surface area contributed by atoms with Crippen LogP contribution in [0.25, 0.3) is 0 Å². The SMILES string of the molecule is CCNC(C=C(C)C)c1cccc(Br)c1Cl. The Morgan fingerprint density at radius 2 is 2.19 bits per heavy atom. The molecule has 3 heteroatoms. The van der Waals surface area contributed by atoms with Crippen molar-refractivity contribution in [2.75, 3.05) is 6.54 Å². The maximum absolute atomic E-state index is 6.29. The van der Waals surface area contributed by atoms with Gasteiger partial charge in [0.1, 0.15) is 0 Å². The molecule has 1 nitrogen and oxygen atoms in total. The Labute approximate surface area is 111 Å². The van der Waals surface area contributed by atoms with Crippen LogP contribution in [-0.4, -0.2) is 6.54 Å². The Bertz CT molecular complexity index is 384. The van der Waals surface area contributed by atoms with E-state index in [-0.39, 0.29) is 6.04 Å². The molecule has 0 aliphatic carbocycles. The lowest BCUT2D eigenvalue weighted by molar-refractivity contribution is 0.644. The van der Waals surface area contributed by atoms with E-state index in [0.29, 0.717) is 0 Å². The van der Waals surface area contributed by atoms with Crippen LogP contribution in [0.15, 0.2) is 34.3 Å². The summed E-state index contributed by atoms with van der Waals surface area (Å²) in [5.41, 5.74) is 2.39. The zero-order chi connectivity index (χ0) is 12.1. The average Bonchev–Trinajstić information content (AvgIpc) is 2.21. The van der Waals surface area contributed by atoms with Crippen LogP contribution in [-0.2, 0) is 0 Å². The maximum atomic E-state index is 6.29. The molecule has 0 aliphatic rings. The lowest BCUT2D eigenvalue weighted by Crippen LogP contribution is -2.19. The van der Waals surface area contributed by atoms with Crippen molar-refractivity contribution in [1.29, 1.82) is 0 Å². The van der Waals surface area contributed by atoms with Gasteiger partial charge in [0, 0.05) is 4.47 Å². The van der Waals surface area contributed by atoms with Crippen molar-refractivity contribution in [1.82, 2.24) is 5.32 Å². The van der Waals surface area contributed by atoms with Gasteiger partial charge in [0.15, 0.2) is 0 Å². The van der Waals surface area contributed by atoms with Crippen molar-refractivity contribution in [3.8, 4) is 0 Å². The van der Waals surface area contributed by atoms with Gasteiger partial charge >= 0.3 is 0 Å². The molecule has 0 bridgehead atoms. The lowest BCUT2D eigenvalue weighted by Gasteiger charge is -2.17. The van der Waals surface area contributed by atoms with Gasteiger partial charge in [-0.3, -0.25) is 0 Å².